The van der Waals surface area contributed by atoms with Crippen LogP contribution in [0.4, 0.5) is 0 Å². The van der Waals surface area contributed by atoms with E-state index in [0.29, 0.717) is 5.56 Å². The largest absolute Gasteiger partial charge is 0.468 e. The predicted molar refractivity (Wildman–Crippen MR) is 74.2 cm³/mol. The van der Waals surface area contributed by atoms with Crippen molar-refractivity contribution >= 4 is 23.5 Å². The number of esters is 1. The van der Waals surface area contributed by atoms with Crippen molar-refractivity contribution in [2.45, 2.75) is 26.0 Å². The Bertz CT molecular complexity index is 454. The summed E-state index contributed by atoms with van der Waals surface area (Å²) in [7, 11) is 1.35. The van der Waals surface area contributed by atoms with Gasteiger partial charge in [0.05, 0.1) is 18.1 Å². The lowest BCUT2D eigenvalue weighted by molar-refractivity contribution is -0.137. The molecule has 98 valence electrons. The van der Waals surface area contributed by atoms with Crippen molar-refractivity contribution in [1.29, 1.82) is 0 Å². The Morgan fingerprint density at radius 1 is 1.28 bits per heavy atom. The molecule has 0 saturated carbocycles. The van der Waals surface area contributed by atoms with Crippen LogP contribution in [0.15, 0.2) is 18.2 Å². The van der Waals surface area contributed by atoms with Gasteiger partial charge in [0, 0.05) is 5.56 Å². The van der Waals surface area contributed by atoms with Crippen LogP contribution in [0.1, 0.15) is 28.4 Å². The molecule has 0 bridgehead atoms. The number of aryl methyl sites for hydroxylation is 2. The molecule has 0 spiro atoms. The number of hydrogen-bond donors (Lipinski definition) is 0. The number of Topliss-reactive ketones (excluding diaryl/α,β-unsaturated/α-hetero) is 1. The van der Waals surface area contributed by atoms with E-state index in [9.17, 15) is 9.59 Å². The molecule has 3 nitrogen and oxygen atoms in total. The second-order valence-electron chi connectivity index (χ2n) is 4.19. The first-order valence-electron chi connectivity index (χ1n) is 5.75. The Morgan fingerprint density at radius 2 is 1.94 bits per heavy atom. The van der Waals surface area contributed by atoms with Crippen molar-refractivity contribution in [1.82, 2.24) is 0 Å². The number of ketones is 1. The SMILES string of the molecule is COC(=O)CSC(C)C(=O)c1ccc(C)c(C)c1. The summed E-state index contributed by atoms with van der Waals surface area (Å²) in [5.74, 6) is -0.0550. The molecule has 0 heterocycles. The van der Waals surface area contributed by atoms with E-state index in [1.54, 1.807) is 0 Å². The van der Waals surface area contributed by atoms with Crippen LogP contribution in [0.25, 0.3) is 0 Å². The molecule has 1 atom stereocenters. The van der Waals surface area contributed by atoms with Gasteiger partial charge in [-0.15, -0.1) is 11.8 Å². The van der Waals surface area contributed by atoms with Crippen molar-refractivity contribution in [3.05, 3.63) is 34.9 Å². The zero-order valence-electron chi connectivity index (χ0n) is 11.1. The second kappa shape index (κ2) is 6.59. The highest BCUT2D eigenvalue weighted by atomic mass is 32.2. The summed E-state index contributed by atoms with van der Waals surface area (Å²) >= 11 is 1.30. The Morgan fingerprint density at radius 3 is 2.50 bits per heavy atom. The lowest BCUT2D eigenvalue weighted by Gasteiger charge is -2.10. The molecule has 0 amide bonds. The van der Waals surface area contributed by atoms with Crippen molar-refractivity contribution in [2.75, 3.05) is 12.9 Å². The fourth-order valence-corrected chi connectivity index (χ4v) is 2.25. The normalized spacial score (nSPS) is 12.0. The molecule has 0 radical (unpaired) electrons. The average molecular weight is 266 g/mol. The molecule has 18 heavy (non-hydrogen) atoms. The van der Waals surface area contributed by atoms with Crippen molar-refractivity contribution < 1.29 is 14.3 Å². The van der Waals surface area contributed by atoms with E-state index in [1.807, 2.05) is 39.0 Å². The number of carbonyl (C=O) groups excluding carboxylic acids is 2. The summed E-state index contributed by atoms with van der Waals surface area (Å²) < 4.78 is 4.55. The van der Waals surface area contributed by atoms with Gasteiger partial charge >= 0.3 is 5.97 Å². The van der Waals surface area contributed by atoms with E-state index in [2.05, 4.69) is 4.74 Å². The summed E-state index contributed by atoms with van der Waals surface area (Å²) in [4.78, 5) is 23.2. The van der Waals surface area contributed by atoms with Crippen molar-refractivity contribution in [2.24, 2.45) is 0 Å². The smallest absolute Gasteiger partial charge is 0.315 e. The summed E-state index contributed by atoms with van der Waals surface area (Å²) in [6, 6.07) is 5.67. The fraction of sp³-hybridized carbons (Fsp3) is 0.429. The maximum atomic E-state index is 12.1. The van der Waals surface area contributed by atoms with Crippen LogP contribution in [0.2, 0.25) is 0 Å². The quantitative estimate of drug-likeness (QED) is 0.607. The number of ether oxygens (including phenoxy) is 1. The highest BCUT2D eigenvalue weighted by Gasteiger charge is 2.17. The zero-order chi connectivity index (χ0) is 13.7. The topological polar surface area (TPSA) is 43.4 Å². The van der Waals surface area contributed by atoms with Gasteiger partial charge in [0.25, 0.3) is 0 Å². The van der Waals surface area contributed by atoms with Crippen LogP contribution in [0, 0.1) is 13.8 Å². The first-order chi connectivity index (χ1) is 8.45. The van der Waals surface area contributed by atoms with E-state index in [1.165, 1.54) is 24.4 Å². The second-order valence-corrected chi connectivity index (χ2v) is 5.52. The Labute approximate surface area is 112 Å². The minimum Gasteiger partial charge on any atom is -0.468 e. The molecular formula is C14H18O3S. The number of hydrogen-bond acceptors (Lipinski definition) is 4. The number of rotatable bonds is 5. The van der Waals surface area contributed by atoms with Crippen LogP contribution in [-0.4, -0.2) is 29.9 Å². The number of benzene rings is 1. The summed E-state index contributed by atoms with van der Waals surface area (Å²) in [6.07, 6.45) is 0. The minimum absolute atomic E-state index is 0.0482. The van der Waals surface area contributed by atoms with Crippen LogP contribution in [-0.2, 0) is 9.53 Å². The number of carbonyl (C=O) groups is 2. The fourth-order valence-electron chi connectivity index (χ4n) is 1.46. The van der Waals surface area contributed by atoms with Crippen molar-refractivity contribution in [3.63, 3.8) is 0 Å². The molecule has 0 aromatic heterocycles. The van der Waals surface area contributed by atoms with Gasteiger partial charge in [-0.25, -0.2) is 0 Å². The van der Waals surface area contributed by atoms with E-state index < -0.39 is 0 Å². The molecule has 0 aliphatic carbocycles. The molecule has 1 aromatic carbocycles. The van der Waals surface area contributed by atoms with Crippen LogP contribution >= 0.6 is 11.8 Å². The molecule has 0 aliphatic heterocycles. The van der Waals surface area contributed by atoms with Gasteiger partial charge in [-0.2, -0.15) is 0 Å². The minimum atomic E-state index is -0.306. The molecular weight excluding hydrogens is 248 g/mol. The monoisotopic (exact) mass is 266 g/mol. The molecule has 1 unspecified atom stereocenters. The van der Waals surface area contributed by atoms with E-state index >= 15 is 0 Å². The zero-order valence-corrected chi connectivity index (χ0v) is 12.0. The van der Waals surface area contributed by atoms with E-state index in [0.717, 1.165) is 5.56 Å². The predicted octanol–water partition coefficient (Wildman–Crippen LogP) is 2.78. The molecule has 4 heteroatoms. The summed E-state index contributed by atoms with van der Waals surface area (Å²) in [5.41, 5.74) is 2.97. The van der Waals surface area contributed by atoms with Crippen LogP contribution in [0.5, 0.6) is 0 Å². The summed E-state index contributed by atoms with van der Waals surface area (Å²) in [6.45, 7) is 5.81. The van der Waals surface area contributed by atoms with E-state index in [4.69, 9.17) is 0 Å². The third-order valence-electron chi connectivity index (χ3n) is 2.84. The molecule has 1 aromatic rings. The molecule has 0 aliphatic rings. The standard InChI is InChI=1S/C14H18O3S/c1-9-5-6-12(7-10(9)2)14(16)11(3)18-8-13(15)17-4/h5-7,11H,8H2,1-4H3. The first-order valence-corrected chi connectivity index (χ1v) is 6.80. The first kappa shape index (κ1) is 14.8. The van der Waals surface area contributed by atoms with Crippen molar-refractivity contribution in [3.8, 4) is 0 Å². The lowest BCUT2D eigenvalue weighted by Crippen LogP contribution is -2.16. The van der Waals surface area contributed by atoms with Crippen LogP contribution in [0.3, 0.4) is 0 Å². The highest BCUT2D eigenvalue weighted by molar-refractivity contribution is 8.01. The van der Waals surface area contributed by atoms with Gasteiger partial charge < -0.3 is 4.74 Å². The lowest BCUT2D eigenvalue weighted by atomic mass is 10.0. The average Bonchev–Trinajstić information content (AvgIpc) is 2.37. The Balaban J connectivity index is 2.68. The van der Waals surface area contributed by atoms with Gasteiger partial charge in [0.2, 0.25) is 0 Å². The molecule has 0 N–H and O–H groups in total. The van der Waals surface area contributed by atoms with Gasteiger partial charge in [0.15, 0.2) is 5.78 Å². The van der Waals surface area contributed by atoms with Gasteiger partial charge in [-0.05, 0) is 38.0 Å². The third-order valence-corrected chi connectivity index (χ3v) is 3.96. The Kier molecular flexibility index (Phi) is 5.41. The van der Waals surface area contributed by atoms with Gasteiger partial charge in [-0.1, -0.05) is 12.1 Å². The number of thioether (sulfide) groups is 1. The summed E-state index contributed by atoms with van der Waals surface area (Å²) in [5, 5.41) is -0.244. The van der Waals surface area contributed by atoms with Gasteiger partial charge in [-0.3, -0.25) is 9.59 Å². The molecule has 0 saturated heterocycles. The van der Waals surface area contributed by atoms with E-state index in [-0.39, 0.29) is 22.8 Å². The maximum absolute atomic E-state index is 12.1. The van der Waals surface area contributed by atoms with Gasteiger partial charge in [0.1, 0.15) is 0 Å². The number of methoxy groups -OCH3 is 1. The maximum Gasteiger partial charge on any atom is 0.315 e. The third kappa shape index (κ3) is 3.88. The molecule has 1 rings (SSSR count). The van der Waals surface area contributed by atoms with Crippen LogP contribution < -0.4 is 0 Å². The Hall–Kier alpha value is -1.29. The molecule has 0 fully saturated rings. The highest BCUT2D eigenvalue weighted by Crippen LogP contribution is 2.18.